The third kappa shape index (κ3) is 2.56. The van der Waals surface area contributed by atoms with Gasteiger partial charge in [-0.05, 0) is 49.4 Å². The van der Waals surface area contributed by atoms with Crippen LogP contribution in [0.2, 0.25) is 0 Å². The van der Waals surface area contributed by atoms with Crippen LogP contribution in [0.3, 0.4) is 0 Å². The van der Waals surface area contributed by atoms with Crippen molar-refractivity contribution in [2.45, 2.75) is 51.0 Å². The second-order valence-electron chi connectivity index (χ2n) is 7.94. The van der Waals surface area contributed by atoms with Crippen molar-refractivity contribution in [1.82, 2.24) is 4.98 Å². The normalized spacial score (nSPS) is 18.6. The molecule has 2 nitrogen and oxygen atoms in total. The summed E-state index contributed by atoms with van der Waals surface area (Å²) < 4.78 is 0. The Labute approximate surface area is 155 Å². The van der Waals surface area contributed by atoms with Gasteiger partial charge >= 0.3 is 0 Å². The lowest BCUT2D eigenvalue weighted by atomic mass is 9.73. The second-order valence-corrected chi connectivity index (χ2v) is 7.94. The number of pyridine rings is 1. The minimum Gasteiger partial charge on any atom is -0.277 e. The number of rotatable bonds is 1. The lowest BCUT2D eigenvalue weighted by Crippen LogP contribution is -2.37. The zero-order valence-corrected chi connectivity index (χ0v) is 15.3. The molecule has 1 aliphatic carbocycles. The smallest absolute Gasteiger partial charge is 0.0744 e. The van der Waals surface area contributed by atoms with Crippen molar-refractivity contribution < 1.29 is 0 Å². The highest BCUT2D eigenvalue weighted by Gasteiger charge is 2.37. The van der Waals surface area contributed by atoms with Crippen LogP contribution in [-0.4, -0.2) is 16.2 Å². The van der Waals surface area contributed by atoms with E-state index in [-0.39, 0.29) is 5.54 Å². The summed E-state index contributed by atoms with van der Waals surface area (Å²) >= 11 is 0. The van der Waals surface area contributed by atoms with Gasteiger partial charge in [0.1, 0.15) is 0 Å². The Morgan fingerprint density at radius 1 is 0.923 bits per heavy atom. The number of hydrogen-bond donors (Lipinski definition) is 0. The molecule has 26 heavy (non-hydrogen) atoms. The van der Waals surface area contributed by atoms with Gasteiger partial charge in [-0.25, -0.2) is 0 Å². The Morgan fingerprint density at radius 2 is 1.77 bits per heavy atom. The Balaban J connectivity index is 1.71. The highest BCUT2D eigenvalue weighted by Crippen LogP contribution is 2.40. The van der Waals surface area contributed by atoms with Crippen LogP contribution in [0.25, 0.3) is 10.9 Å². The van der Waals surface area contributed by atoms with E-state index >= 15 is 0 Å². The zero-order valence-electron chi connectivity index (χ0n) is 15.3. The van der Waals surface area contributed by atoms with Gasteiger partial charge in [-0.15, -0.1) is 0 Å². The number of fused-ring (bicyclic) bond motifs is 2. The molecule has 1 aromatic heterocycles. The monoisotopic (exact) mass is 340 g/mol. The molecular weight excluding hydrogens is 316 g/mol. The van der Waals surface area contributed by atoms with E-state index in [4.69, 9.17) is 9.98 Å². The summed E-state index contributed by atoms with van der Waals surface area (Å²) in [6.45, 7) is 2.25. The average molecular weight is 340 g/mol. The van der Waals surface area contributed by atoms with Crippen LogP contribution in [0.5, 0.6) is 0 Å². The van der Waals surface area contributed by atoms with Crippen LogP contribution in [0.15, 0.2) is 59.7 Å². The third-order valence-electron chi connectivity index (χ3n) is 6.17. The maximum Gasteiger partial charge on any atom is 0.0744 e. The van der Waals surface area contributed by atoms with Gasteiger partial charge in [0.25, 0.3) is 0 Å². The Morgan fingerprint density at radius 3 is 2.65 bits per heavy atom. The van der Waals surface area contributed by atoms with Crippen molar-refractivity contribution in [3.8, 4) is 0 Å². The first-order valence-electron chi connectivity index (χ1n) is 9.78. The molecule has 2 aliphatic rings. The fourth-order valence-corrected chi connectivity index (χ4v) is 4.74. The molecule has 1 saturated carbocycles. The van der Waals surface area contributed by atoms with Crippen LogP contribution in [0.4, 0.5) is 0 Å². The van der Waals surface area contributed by atoms with Crippen LogP contribution in [0, 0.1) is 6.92 Å². The molecule has 2 aromatic carbocycles. The van der Waals surface area contributed by atoms with Gasteiger partial charge in [0.05, 0.1) is 16.8 Å². The van der Waals surface area contributed by atoms with Crippen LogP contribution in [0.1, 0.15) is 54.4 Å². The van der Waals surface area contributed by atoms with Crippen molar-refractivity contribution >= 4 is 16.6 Å². The number of nitrogens with zero attached hydrogens (tertiary/aromatic N) is 2. The summed E-state index contributed by atoms with van der Waals surface area (Å²) in [4.78, 5) is 10.1. The van der Waals surface area contributed by atoms with E-state index in [1.54, 1.807) is 0 Å². The SMILES string of the molecule is Cc1cccc2c1CC1(CCCCC1)N=C2c1cnc2ccccc2c1. The van der Waals surface area contributed by atoms with E-state index in [9.17, 15) is 0 Å². The molecule has 2 heteroatoms. The molecule has 0 atom stereocenters. The third-order valence-corrected chi connectivity index (χ3v) is 6.17. The maximum absolute atomic E-state index is 5.41. The highest BCUT2D eigenvalue weighted by atomic mass is 14.9. The molecule has 1 spiro atoms. The highest BCUT2D eigenvalue weighted by molar-refractivity contribution is 6.15. The van der Waals surface area contributed by atoms with E-state index in [1.807, 2.05) is 12.3 Å². The molecule has 2 heterocycles. The number of para-hydroxylation sites is 1. The summed E-state index contributed by atoms with van der Waals surface area (Å²) in [5.74, 6) is 0. The largest absolute Gasteiger partial charge is 0.277 e. The van der Waals surface area contributed by atoms with Crippen molar-refractivity contribution in [2.75, 3.05) is 0 Å². The molecule has 130 valence electrons. The van der Waals surface area contributed by atoms with Crippen molar-refractivity contribution in [2.24, 2.45) is 4.99 Å². The molecule has 0 N–H and O–H groups in total. The Hall–Kier alpha value is -2.48. The molecule has 1 aliphatic heterocycles. The lowest BCUT2D eigenvalue weighted by Gasteiger charge is -2.39. The fraction of sp³-hybridized carbons (Fsp3) is 0.333. The van der Waals surface area contributed by atoms with Gasteiger partial charge in [-0.2, -0.15) is 0 Å². The summed E-state index contributed by atoms with van der Waals surface area (Å²) in [7, 11) is 0. The predicted molar refractivity (Wildman–Crippen MR) is 108 cm³/mol. The molecular formula is C24H24N2. The predicted octanol–water partition coefficient (Wildman–Crippen LogP) is 5.64. The van der Waals surface area contributed by atoms with Crippen LogP contribution >= 0.6 is 0 Å². The standard InChI is InChI=1S/C24H24N2/c1-17-8-7-10-20-21(17)15-24(12-5-2-6-13-24)26-23(20)19-14-18-9-3-4-11-22(18)25-16-19/h3-4,7-11,14,16H,2,5-6,12-13,15H2,1H3. The van der Waals surface area contributed by atoms with Crippen molar-refractivity contribution in [3.63, 3.8) is 0 Å². The first kappa shape index (κ1) is 15.7. The second kappa shape index (κ2) is 6.05. The molecule has 1 fully saturated rings. The Kier molecular flexibility index (Phi) is 3.66. The number of aromatic nitrogens is 1. The summed E-state index contributed by atoms with van der Waals surface area (Å²) in [6, 6.07) is 17.3. The molecule has 3 aromatic rings. The number of aryl methyl sites for hydroxylation is 1. The first-order chi connectivity index (χ1) is 12.7. The van der Waals surface area contributed by atoms with E-state index < -0.39 is 0 Å². The van der Waals surface area contributed by atoms with Crippen LogP contribution < -0.4 is 0 Å². The van der Waals surface area contributed by atoms with Gasteiger partial charge in [0.15, 0.2) is 0 Å². The molecule has 0 unspecified atom stereocenters. The summed E-state index contributed by atoms with van der Waals surface area (Å²) in [5.41, 5.74) is 7.64. The molecule has 0 radical (unpaired) electrons. The van der Waals surface area contributed by atoms with Gasteiger partial charge < -0.3 is 0 Å². The average Bonchev–Trinajstić information content (AvgIpc) is 2.69. The van der Waals surface area contributed by atoms with Gasteiger partial charge in [0.2, 0.25) is 0 Å². The van der Waals surface area contributed by atoms with E-state index in [2.05, 4.69) is 49.4 Å². The van der Waals surface area contributed by atoms with Gasteiger partial charge in [0, 0.05) is 22.7 Å². The van der Waals surface area contributed by atoms with Crippen LogP contribution in [-0.2, 0) is 6.42 Å². The number of hydrogen-bond acceptors (Lipinski definition) is 2. The maximum atomic E-state index is 5.41. The number of aliphatic imine (C=N–C) groups is 1. The van der Waals surface area contributed by atoms with Gasteiger partial charge in [-0.3, -0.25) is 9.98 Å². The topological polar surface area (TPSA) is 25.2 Å². The quantitative estimate of drug-likeness (QED) is 0.563. The molecule has 0 saturated heterocycles. The minimum atomic E-state index is 0.0956. The molecule has 0 amide bonds. The van der Waals surface area contributed by atoms with E-state index in [0.717, 1.165) is 23.2 Å². The minimum absolute atomic E-state index is 0.0956. The zero-order chi connectivity index (χ0) is 17.6. The summed E-state index contributed by atoms with van der Waals surface area (Å²) in [6.07, 6.45) is 9.48. The van der Waals surface area contributed by atoms with Crippen molar-refractivity contribution in [3.05, 3.63) is 77.0 Å². The van der Waals surface area contributed by atoms with Gasteiger partial charge in [-0.1, -0.05) is 55.7 Å². The van der Waals surface area contributed by atoms with E-state index in [1.165, 1.54) is 54.2 Å². The first-order valence-corrected chi connectivity index (χ1v) is 9.78. The fourth-order valence-electron chi connectivity index (χ4n) is 4.74. The lowest BCUT2D eigenvalue weighted by molar-refractivity contribution is 0.294. The number of benzene rings is 2. The summed E-state index contributed by atoms with van der Waals surface area (Å²) in [5, 5.41) is 1.19. The van der Waals surface area contributed by atoms with Crippen molar-refractivity contribution in [1.29, 1.82) is 0 Å². The molecule has 5 rings (SSSR count). The molecule has 0 bridgehead atoms. The Bertz CT molecular complexity index is 1010. The van der Waals surface area contributed by atoms with E-state index in [0.29, 0.717) is 0 Å².